The second-order valence-electron chi connectivity index (χ2n) is 9.97. The van der Waals surface area contributed by atoms with Crippen molar-refractivity contribution in [2.45, 2.75) is 66.7 Å². The molecule has 0 fully saturated rings. The van der Waals surface area contributed by atoms with Crippen molar-refractivity contribution in [3.63, 3.8) is 0 Å². The van der Waals surface area contributed by atoms with Crippen LogP contribution >= 0.6 is 0 Å². The van der Waals surface area contributed by atoms with Crippen LogP contribution in [-0.2, 0) is 16.1 Å². The maximum absolute atomic E-state index is 13.0. The molecule has 0 bridgehead atoms. The number of nitrogens with zero attached hydrogens (tertiary/aromatic N) is 2. The number of hydrogen-bond acceptors (Lipinski definition) is 3. The van der Waals surface area contributed by atoms with Crippen LogP contribution in [0.25, 0.3) is 22.0 Å². The third kappa shape index (κ3) is 3.67. The van der Waals surface area contributed by atoms with Crippen LogP contribution in [0.1, 0.15) is 56.2 Å². The van der Waals surface area contributed by atoms with Crippen molar-refractivity contribution in [3.05, 3.63) is 52.7 Å². The normalized spacial score (nSPS) is 14.9. The highest BCUT2D eigenvalue weighted by atomic mass is 16.5. The molecule has 1 aliphatic rings. The summed E-state index contributed by atoms with van der Waals surface area (Å²) in [4.78, 5) is 15.3. The zero-order valence-corrected chi connectivity index (χ0v) is 20.1. The first-order valence-corrected chi connectivity index (χ1v) is 11.1. The molecule has 0 saturated carbocycles. The number of aryl methyl sites for hydroxylation is 2. The highest BCUT2D eigenvalue weighted by molar-refractivity contribution is 6.08. The number of aromatic nitrogens is 1. The Bertz CT molecular complexity index is 1160. The maximum Gasteiger partial charge on any atom is 0.163 e. The zero-order valence-electron chi connectivity index (χ0n) is 20.1. The quantitative estimate of drug-likeness (QED) is 0.511. The number of ether oxygens (including phenoxy) is 1. The number of hydrogen-bond donors (Lipinski definition) is 0. The van der Waals surface area contributed by atoms with Crippen LogP contribution in [0.4, 0.5) is 5.69 Å². The van der Waals surface area contributed by atoms with Gasteiger partial charge in [-0.1, -0.05) is 29.8 Å². The smallest absolute Gasteiger partial charge is 0.163 e. The molecule has 4 heteroatoms. The van der Waals surface area contributed by atoms with E-state index >= 15 is 0 Å². The average Bonchev–Trinajstić information content (AvgIpc) is 3.00. The summed E-state index contributed by atoms with van der Waals surface area (Å²) in [5.74, 6) is 0.0348. The molecule has 2 aromatic carbocycles. The monoisotopic (exact) mass is 418 g/mol. The van der Waals surface area contributed by atoms with E-state index in [-0.39, 0.29) is 5.78 Å². The molecule has 1 aromatic heterocycles. The summed E-state index contributed by atoms with van der Waals surface area (Å²) in [5.41, 5.74) is 8.90. The van der Waals surface area contributed by atoms with E-state index in [2.05, 4.69) is 67.6 Å². The van der Waals surface area contributed by atoms with Crippen LogP contribution in [-0.4, -0.2) is 29.5 Å². The van der Waals surface area contributed by atoms with Crippen molar-refractivity contribution in [2.24, 2.45) is 0 Å². The molecule has 3 aromatic rings. The minimum absolute atomic E-state index is 0.0348. The maximum atomic E-state index is 13.0. The second-order valence-corrected chi connectivity index (χ2v) is 9.97. The van der Waals surface area contributed by atoms with Crippen LogP contribution in [0.3, 0.4) is 0 Å². The van der Waals surface area contributed by atoms with Gasteiger partial charge in [-0.15, -0.1) is 0 Å². The Morgan fingerprint density at radius 3 is 2.29 bits per heavy atom. The Kier molecular flexibility index (Phi) is 5.25. The van der Waals surface area contributed by atoms with Gasteiger partial charge in [-0.2, -0.15) is 0 Å². The van der Waals surface area contributed by atoms with Gasteiger partial charge in [-0.3, -0.25) is 4.79 Å². The van der Waals surface area contributed by atoms with Gasteiger partial charge in [-0.25, -0.2) is 0 Å². The molecule has 4 rings (SSSR count). The van der Waals surface area contributed by atoms with Crippen LogP contribution in [0.5, 0.6) is 0 Å². The summed E-state index contributed by atoms with van der Waals surface area (Å²) in [6.45, 7) is 16.0. The summed E-state index contributed by atoms with van der Waals surface area (Å²) in [7, 11) is 2.15. The largest absolute Gasteiger partial charge is 0.371 e. The number of anilines is 1. The van der Waals surface area contributed by atoms with Crippen LogP contribution in [0, 0.1) is 20.8 Å². The van der Waals surface area contributed by atoms with Crippen molar-refractivity contribution in [1.29, 1.82) is 0 Å². The fourth-order valence-corrected chi connectivity index (χ4v) is 4.94. The number of benzene rings is 2. The van der Waals surface area contributed by atoms with Crippen molar-refractivity contribution >= 4 is 22.4 Å². The van der Waals surface area contributed by atoms with Gasteiger partial charge in [0.25, 0.3) is 0 Å². The summed E-state index contributed by atoms with van der Waals surface area (Å²) in [5, 5.41) is 1.20. The van der Waals surface area contributed by atoms with Crippen molar-refractivity contribution in [2.75, 3.05) is 18.5 Å². The standard InChI is InChI=1S/C27H34N2O2/c1-16-9-11-20(12-10-16)23-21-15-17(2)29-14-13-28(8)24(25(21)29)18(3)22(23)26(19(4)30)31-27(5,6)7/h9-12,15,26H,13-14H2,1-8H3/t26-/m1/s1. The van der Waals surface area contributed by atoms with E-state index in [1.807, 2.05) is 20.8 Å². The number of carbonyl (C=O) groups is 1. The molecule has 31 heavy (non-hydrogen) atoms. The number of likely N-dealkylation sites (N-methyl/N-ethyl adjacent to an activating group) is 1. The van der Waals surface area contributed by atoms with E-state index in [1.165, 1.54) is 27.8 Å². The second kappa shape index (κ2) is 7.52. The minimum atomic E-state index is -0.615. The van der Waals surface area contributed by atoms with E-state index in [0.717, 1.165) is 35.3 Å². The van der Waals surface area contributed by atoms with Crippen LogP contribution in [0.2, 0.25) is 0 Å². The SMILES string of the molecule is CC(=O)[C@@H](OC(C)(C)C)c1c(C)c2c3c(cc(C)n3CCN2C)c1-c1ccc(C)cc1. The Morgan fingerprint density at radius 1 is 1.06 bits per heavy atom. The van der Waals surface area contributed by atoms with Crippen molar-refractivity contribution in [3.8, 4) is 11.1 Å². The number of Topliss-reactive ketones (excluding diaryl/α,β-unsaturated/α-hetero) is 1. The lowest BCUT2D eigenvalue weighted by molar-refractivity contribution is -0.138. The molecular weight excluding hydrogens is 384 g/mol. The van der Waals surface area contributed by atoms with Crippen molar-refractivity contribution in [1.82, 2.24) is 4.57 Å². The van der Waals surface area contributed by atoms with E-state index in [4.69, 9.17) is 4.74 Å². The summed E-state index contributed by atoms with van der Waals surface area (Å²) < 4.78 is 8.84. The van der Waals surface area contributed by atoms with E-state index in [0.29, 0.717) is 0 Å². The topological polar surface area (TPSA) is 34.5 Å². The van der Waals surface area contributed by atoms with Gasteiger partial charge in [0.15, 0.2) is 5.78 Å². The molecular formula is C27H34N2O2. The van der Waals surface area contributed by atoms with Gasteiger partial charge in [0, 0.05) is 36.8 Å². The molecule has 1 atom stereocenters. The van der Waals surface area contributed by atoms with E-state index < -0.39 is 11.7 Å². The predicted molar refractivity (Wildman–Crippen MR) is 129 cm³/mol. The van der Waals surface area contributed by atoms with Gasteiger partial charge >= 0.3 is 0 Å². The Labute approximate surface area is 185 Å². The Balaban J connectivity index is 2.16. The first kappa shape index (κ1) is 21.6. The highest BCUT2D eigenvalue weighted by Crippen LogP contribution is 2.47. The van der Waals surface area contributed by atoms with Crippen LogP contribution in [0.15, 0.2) is 30.3 Å². The van der Waals surface area contributed by atoms with E-state index in [9.17, 15) is 4.79 Å². The molecule has 0 radical (unpaired) electrons. The first-order chi connectivity index (χ1) is 14.5. The Morgan fingerprint density at radius 2 is 1.71 bits per heavy atom. The zero-order chi connectivity index (χ0) is 22.7. The molecule has 164 valence electrons. The van der Waals surface area contributed by atoms with Crippen LogP contribution < -0.4 is 4.90 Å². The van der Waals surface area contributed by atoms with Gasteiger partial charge in [0.05, 0.1) is 16.8 Å². The van der Waals surface area contributed by atoms with Gasteiger partial charge in [-0.05, 0) is 71.2 Å². The minimum Gasteiger partial charge on any atom is -0.371 e. The third-order valence-electron chi connectivity index (χ3n) is 6.31. The summed E-state index contributed by atoms with van der Waals surface area (Å²) in [6, 6.07) is 10.9. The Hall–Kier alpha value is -2.59. The lowest BCUT2D eigenvalue weighted by Crippen LogP contribution is -2.31. The van der Waals surface area contributed by atoms with E-state index in [1.54, 1.807) is 6.92 Å². The molecule has 0 saturated heterocycles. The molecule has 0 unspecified atom stereocenters. The number of carbonyl (C=O) groups excluding carboxylic acids is 1. The third-order valence-corrected chi connectivity index (χ3v) is 6.31. The molecule has 1 aliphatic heterocycles. The molecule has 4 nitrogen and oxygen atoms in total. The molecule has 0 spiro atoms. The molecule has 2 heterocycles. The summed E-state index contributed by atoms with van der Waals surface area (Å²) >= 11 is 0. The molecule has 0 aliphatic carbocycles. The molecule has 0 amide bonds. The summed E-state index contributed by atoms with van der Waals surface area (Å²) in [6.07, 6.45) is -0.615. The van der Waals surface area contributed by atoms with Gasteiger partial charge < -0.3 is 14.2 Å². The lowest BCUT2D eigenvalue weighted by atomic mass is 9.86. The highest BCUT2D eigenvalue weighted by Gasteiger charge is 2.33. The predicted octanol–water partition coefficient (Wildman–Crippen LogP) is 6.13. The first-order valence-electron chi connectivity index (χ1n) is 11.1. The lowest BCUT2D eigenvalue weighted by Gasteiger charge is -2.34. The number of ketones is 1. The van der Waals surface area contributed by atoms with Crippen molar-refractivity contribution < 1.29 is 9.53 Å². The van der Waals surface area contributed by atoms with Gasteiger partial charge in [0.2, 0.25) is 0 Å². The fourth-order valence-electron chi connectivity index (χ4n) is 4.94. The molecule has 0 N–H and O–H groups in total. The van der Waals surface area contributed by atoms with Gasteiger partial charge in [0.1, 0.15) is 6.10 Å². The number of rotatable bonds is 4. The fraction of sp³-hybridized carbons (Fsp3) is 0.444. The average molecular weight is 419 g/mol.